The van der Waals surface area contributed by atoms with Crippen molar-refractivity contribution in [1.82, 2.24) is 9.97 Å². The van der Waals surface area contributed by atoms with E-state index < -0.39 is 31.8 Å². The van der Waals surface area contributed by atoms with Gasteiger partial charge in [0.1, 0.15) is 5.82 Å². The van der Waals surface area contributed by atoms with Gasteiger partial charge in [0.2, 0.25) is 5.91 Å². The molecular formula is C38H36ClFN6O6S4. The van der Waals surface area contributed by atoms with Crippen molar-refractivity contribution in [2.75, 3.05) is 20.1 Å². The monoisotopic (exact) mass is 854 g/mol. The molecule has 6 rings (SSSR count). The fraction of sp³-hybridized carbons (Fsp3) is 0.105. The van der Waals surface area contributed by atoms with E-state index in [1.54, 1.807) is 35.0 Å². The maximum absolute atomic E-state index is 13.0. The molecule has 18 heteroatoms. The summed E-state index contributed by atoms with van der Waals surface area (Å²) in [6.07, 6.45) is 5.71. The number of hydrogen-bond acceptors (Lipinski definition) is 10. The van der Waals surface area contributed by atoms with Gasteiger partial charge in [-0.2, -0.15) is 0 Å². The Bertz CT molecular complexity index is 2530. The third kappa shape index (κ3) is 11.8. The first kappa shape index (κ1) is 41.7. The summed E-state index contributed by atoms with van der Waals surface area (Å²) in [5, 5.41) is 9.47. The summed E-state index contributed by atoms with van der Waals surface area (Å²) in [5.74, 6) is -1.17. The van der Waals surface area contributed by atoms with E-state index in [9.17, 15) is 30.8 Å². The average molecular weight is 855 g/mol. The fourth-order valence-electron chi connectivity index (χ4n) is 4.64. The molecule has 0 saturated heterocycles. The van der Waals surface area contributed by atoms with Crippen molar-refractivity contribution in [3.63, 3.8) is 0 Å². The molecule has 0 fully saturated rings. The Labute approximate surface area is 338 Å². The van der Waals surface area contributed by atoms with Crippen LogP contribution in [-0.2, 0) is 30.3 Å². The van der Waals surface area contributed by atoms with Crippen LogP contribution in [0.15, 0.2) is 130 Å². The lowest BCUT2D eigenvalue weighted by Gasteiger charge is -2.19. The van der Waals surface area contributed by atoms with Crippen molar-refractivity contribution >= 4 is 93.8 Å². The Kier molecular flexibility index (Phi) is 13.4. The van der Waals surface area contributed by atoms with Crippen molar-refractivity contribution < 1.29 is 32.2 Å². The van der Waals surface area contributed by atoms with Crippen molar-refractivity contribution in [2.24, 2.45) is 0 Å². The second-order valence-corrected chi connectivity index (χ2v) is 18.3. The molecule has 6 aromatic rings. The number of halogens is 2. The molecule has 0 spiro atoms. The molecule has 0 aliphatic rings. The number of amides is 2. The maximum Gasteiger partial charge on any atom is 0.263 e. The van der Waals surface area contributed by atoms with Crippen LogP contribution < -0.4 is 20.1 Å². The third-order valence-electron chi connectivity index (χ3n) is 7.55. The Morgan fingerprint density at radius 3 is 1.68 bits per heavy atom. The van der Waals surface area contributed by atoms with E-state index in [1.807, 2.05) is 12.1 Å². The van der Waals surface area contributed by atoms with Crippen LogP contribution in [0.4, 0.5) is 26.0 Å². The molecule has 0 saturated carbocycles. The number of sulfonamides is 2. The molecule has 0 aliphatic carbocycles. The van der Waals surface area contributed by atoms with Crippen LogP contribution in [0.25, 0.3) is 6.08 Å². The SMILES string of the molecule is CC(C)(C)c1ccc(C(=O)Nc2ccc(S(=O)(=O)Nc3nccs3)cc2)cc1.O=C(/C=C/c1ccc(F)cc1Cl)Nc1ccc(S(=O)(=O)Nc2nccs2)cc1.[HH]. The predicted molar refractivity (Wildman–Crippen MR) is 223 cm³/mol. The van der Waals surface area contributed by atoms with Gasteiger partial charge < -0.3 is 10.6 Å². The van der Waals surface area contributed by atoms with E-state index in [-0.39, 0.29) is 32.7 Å². The van der Waals surface area contributed by atoms with Gasteiger partial charge in [-0.1, -0.05) is 50.6 Å². The Hall–Kier alpha value is -5.46. The lowest BCUT2D eigenvalue weighted by atomic mass is 9.87. The quantitative estimate of drug-likeness (QED) is 0.0933. The molecule has 56 heavy (non-hydrogen) atoms. The summed E-state index contributed by atoms with van der Waals surface area (Å²) in [5.41, 5.74) is 3.11. The van der Waals surface area contributed by atoms with Crippen LogP contribution in [0, 0.1) is 5.82 Å². The normalized spacial score (nSPS) is 11.7. The number of carbonyl (C=O) groups excluding carboxylic acids is 2. The number of rotatable bonds is 11. The Morgan fingerprint density at radius 2 is 1.23 bits per heavy atom. The predicted octanol–water partition coefficient (Wildman–Crippen LogP) is 9.13. The van der Waals surface area contributed by atoms with Crippen LogP contribution >= 0.6 is 34.3 Å². The number of aromatic nitrogens is 2. The van der Waals surface area contributed by atoms with E-state index >= 15 is 0 Å². The van der Waals surface area contributed by atoms with Gasteiger partial charge in [0.25, 0.3) is 26.0 Å². The number of nitrogens with one attached hydrogen (secondary N) is 4. The molecule has 2 aromatic heterocycles. The van der Waals surface area contributed by atoms with Crippen LogP contribution in [0.3, 0.4) is 0 Å². The number of anilines is 4. The zero-order valence-electron chi connectivity index (χ0n) is 29.9. The van der Waals surface area contributed by atoms with Gasteiger partial charge in [0.15, 0.2) is 10.3 Å². The van der Waals surface area contributed by atoms with Crippen LogP contribution in [-0.4, -0.2) is 38.6 Å². The van der Waals surface area contributed by atoms with Crippen molar-refractivity contribution in [2.45, 2.75) is 36.0 Å². The first-order valence-electron chi connectivity index (χ1n) is 16.4. The zero-order chi connectivity index (χ0) is 40.5. The first-order valence-corrected chi connectivity index (χ1v) is 21.5. The molecule has 2 heterocycles. The minimum Gasteiger partial charge on any atom is -0.323 e. The minimum absolute atomic E-state index is 0. The highest BCUT2D eigenvalue weighted by atomic mass is 35.5. The lowest BCUT2D eigenvalue weighted by molar-refractivity contribution is -0.111. The van der Waals surface area contributed by atoms with Gasteiger partial charge >= 0.3 is 0 Å². The molecule has 0 aliphatic heterocycles. The Morgan fingerprint density at radius 1 is 0.732 bits per heavy atom. The van der Waals surface area contributed by atoms with Gasteiger partial charge in [0, 0.05) is 47.6 Å². The van der Waals surface area contributed by atoms with Gasteiger partial charge in [0.05, 0.1) is 14.8 Å². The van der Waals surface area contributed by atoms with E-state index in [4.69, 9.17) is 11.6 Å². The number of thiazole rings is 2. The summed E-state index contributed by atoms with van der Waals surface area (Å²) in [4.78, 5) is 32.3. The number of carbonyl (C=O) groups is 2. The molecule has 0 atom stereocenters. The highest BCUT2D eigenvalue weighted by Crippen LogP contribution is 2.24. The smallest absolute Gasteiger partial charge is 0.263 e. The van der Waals surface area contributed by atoms with Crippen LogP contribution in [0.5, 0.6) is 0 Å². The van der Waals surface area contributed by atoms with Gasteiger partial charge in [-0.15, -0.1) is 22.7 Å². The standard InChI is InChI=1S/C20H21N3O3S2.C18H13ClFN3O3S2.H2/c1-20(2,3)15-6-4-14(5-7-15)18(24)22-16-8-10-17(11-9-16)28(25,26)23-19-21-12-13-27-19;19-16-11-13(20)3-1-12(16)2-8-17(24)22-14-4-6-15(7-5-14)28(25,26)23-18-21-9-10-27-18;/h4-13H,1-3H3,(H,21,23)(H,22,24);1-11H,(H,21,23)(H,22,24);1H/b;8-2+;. The molecule has 4 N–H and O–H groups in total. The molecule has 0 unspecified atom stereocenters. The van der Waals surface area contributed by atoms with E-state index in [0.717, 1.165) is 11.6 Å². The lowest BCUT2D eigenvalue weighted by Crippen LogP contribution is -2.15. The summed E-state index contributed by atoms with van der Waals surface area (Å²) in [6.45, 7) is 6.34. The highest BCUT2D eigenvalue weighted by molar-refractivity contribution is 7.93. The molecular weight excluding hydrogens is 819 g/mol. The Balaban J connectivity index is 0.000000248. The molecule has 4 aromatic carbocycles. The second-order valence-electron chi connectivity index (χ2n) is 12.7. The van der Waals surface area contributed by atoms with Crippen molar-refractivity contribution in [3.8, 4) is 0 Å². The summed E-state index contributed by atoms with van der Waals surface area (Å²) >= 11 is 8.26. The fourth-order valence-corrected chi connectivity index (χ4v) is 8.45. The maximum atomic E-state index is 13.0. The summed E-state index contributed by atoms with van der Waals surface area (Å²) < 4.78 is 67.0. The number of benzene rings is 4. The molecule has 12 nitrogen and oxygen atoms in total. The van der Waals surface area contributed by atoms with Gasteiger partial charge in [-0.25, -0.2) is 31.2 Å². The first-order chi connectivity index (χ1) is 26.5. The molecule has 292 valence electrons. The second kappa shape index (κ2) is 18.0. The van der Waals surface area contributed by atoms with E-state index in [2.05, 4.69) is 50.8 Å². The summed E-state index contributed by atoms with van der Waals surface area (Å²) in [6, 6.07) is 22.9. The van der Waals surface area contributed by atoms with Gasteiger partial charge in [-0.3, -0.25) is 19.0 Å². The van der Waals surface area contributed by atoms with E-state index in [1.165, 1.54) is 95.8 Å². The number of hydrogen-bond donors (Lipinski definition) is 4. The third-order valence-corrected chi connectivity index (χ3v) is 12.2. The molecule has 0 radical (unpaired) electrons. The largest absolute Gasteiger partial charge is 0.323 e. The van der Waals surface area contributed by atoms with E-state index in [0.29, 0.717) is 27.6 Å². The zero-order valence-corrected chi connectivity index (χ0v) is 33.9. The topological polar surface area (TPSA) is 176 Å². The molecule has 0 bridgehead atoms. The van der Waals surface area contributed by atoms with Gasteiger partial charge in [-0.05, 0) is 95.4 Å². The van der Waals surface area contributed by atoms with Crippen LogP contribution in [0.1, 0.15) is 43.7 Å². The average Bonchev–Trinajstić information content (AvgIpc) is 3.86. The highest BCUT2D eigenvalue weighted by Gasteiger charge is 2.18. The van der Waals surface area contributed by atoms with Crippen molar-refractivity contribution in [1.29, 1.82) is 0 Å². The molecule has 2 amide bonds. The summed E-state index contributed by atoms with van der Waals surface area (Å²) in [7, 11) is -7.47. The van der Waals surface area contributed by atoms with Crippen molar-refractivity contribution in [3.05, 3.63) is 148 Å². The number of nitrogens with zero attached hydrogens (tertiary/aromatic N) is 2. The minimum atomic E-state index is -3.76. The van der Waals surface area contributed by atoms with Crippen LogP contribution in [0.2, 0.25) is 5.02 Å².